The minimum atomic E-state index is 0.0357. The first kappa shape index (κ1) is 21.6. The first-order valence-corrected chi connectivity index (χ1v) is 11.9. The highest BCUT2D eigenvalue weighted by molar-refractivity contribution is 5.95. The molecule has 2 aromatic carbocycles. The van der Waals surface area contributed by atoms with Gasteiger partial charge in [-0.1, -0.05) is 50.5 Å². The highest BCUT2D eigenvalue weighted by Crippen LogP contribution is 2.28. The largest absolute Gasteiger partial charge is 0.349 e. The average Bonchev–Trinajstić information content (AvgIpc) is 2.84. The molecular formula is C27H34N2O2. The fourth-order valence-corrected chi connectivity index (χ4v) is 4.95. The van der Waals surface area contributed by atoms with Crippen LogP contribution in [-0.2, 0) is 6.42 Å². The molecule has 1 atom stereocenters. The molecule has 2 amide bonds. The Kier molecular flexibility index (Phi) is 7.06. The minimum absolute atomic E-state index is 0.0357. The molecule has 1 saturated carbocycles. The number of aryl methyl sites for hydroxylation is 1. The van der Waals surface area contributed by atoms with Gasteiger partial charge in [0.05, 0.1) is 0 Å². The van der Waals surface area contributed by atoms with Crippen LogP contribution in [0.1, 0.15) is 89.6 Å². The summed E-state index contributed by atoms with van der Waals surface area (Å²) in [6, 6.07) is 16.3. The molecule has 31 heavy (non-hydrogen) atoms. The molecule has 0 spiro atoms. The summed E-state index contributed by atoms with van der Waals surface area (Å²) in [5.74, 6) is 0.419. The van der Waals surface area contributed by atoms with Gasteiger partial charge < -0.3 is 10.2 Å². The Morgan fingerprint density at radius 2 is 1.71 bits per heavy atom. The Hall–Kier alpha value is -2.62. The van der Waals surface area contributed by atoms with E-state index >= 15 is 0 Å². The number of piperidine rings is 1. The van der Waals surface area contributed by atoms with Gasteiger partial charge in [0.1, 0.15) is 0 Å². The normalized spacial score (nSPS) is 19.8. The first-order chi connectivity index (χ1) is 15.1. The molecule has 1 unspecified atom stereocenters. The van der Waals surface area contributed by atoms with Gasteiger partial charge in [-0.05, 0) is 67.5 Å². The lowest BCUT2D eigenvalue weighted by Gasteiger charge is -2.33. The lowest BCUT2D eigenvalue weighted by molar-refractivity contribution is 0.0706. The average molecular weight is 419 g/mol. The number of benzene rings is 2. The Morgan fingerprint density at radius 3 is 2.45 bits per heavy atom. The molecule has 4 rings (SSSR count). The molecule has 2 aliphatic rings. The zero-order chi connectivity index (χ0) is 21.6. The lowest BCUT2D eigenvalue weighted by atomic mass is 9.89. The monoisotopic (exact) mass is 418 g/mol. The van der Waals surface area contributed by atoms with Crippen molar-refractivity contribution >= 4 is 11.8 Å². The molecule has 4 heteroatoms. The van der Waals surface area contributed by atoms with E-state index in [4.69, 9.17) is 0 Å². The molecule has 164 valence electrons. The maximum absolute atomic E-state index is 13.0. The van der Waals surface area contributed by atoms with Crippen LogP contribution in [0.2, 0.25) is 0 Å². The highest BCUT2D eigenvalue weighted by atomic mass is 16.2. The lowest BCUT2D eigenvalue weighted by Crippen LogP contribution is -2.39. The van der Waals surface area contributed by atoms with Crippen LogP contribution in [0.15, 0.2) is 48.5 Å². The minimum Gasteiger partial charge on any atom is -0.349 e. The summed E-state index contributed by atoms with van der Waals surface area (Å²) >= 11 is 0. The smallest absolute Gasteiger partial charge is 0.253 e. The maximum Gasteiger partial charge on any atom is 0.253 e. The van der Waals surface area contributed by atoms with Crippen LogP contribution >= 0.6 is 0 Å². The number of hydrogen-bond acceptors (Lipinski definition) is 2. The number of carbonyl (C=O) groups is 2. The van der Waals surface area contributed by atoms with E-state index in [2.05, 4.69) is 18.3 Å². The van der Waals surface area contributed by atoms with Gasteiger partial charge in [0.15, 0.2) is 0 Å². The van der Waals surface area contributed by atoms with Gasteiger partial charge in [0, 0.05) is 36.2 Å². The standard InChI is InChI=1S/C27H34N2O2/c1-2-20-13-15-21(16-14-20)27(31)29-17-7-10-24(19-29)22-8-6-9-23(18-22)26(30)28-25-11-4-3-5-12-25/h6,8-9,13-16,18,24-25H,2-5,7,10-12,17,19H2,1H3,(H,28,30). The summed E-state index contributed by atoms with van der Waals surface area (Å²) < 4.78 is 0. The summed E-state index contributed by atoms with van der Waals surface area (Å²) in [5.41, 5.74) is 3.91. The summed E-state index contributed by atoms with van der Waals surface area (Å²) in [7, 11) is 0. The Bertz CT molecular complexity index is 900. The second-order valence-corrected chi connectivity index (χ2v) is 9.07. The summed E-state index contributed by atoms with van der Waals surface area (Å²) in [4.78, 5) is 27.8. The third-order valence-corrected chi connectivity index (χ3v) is 6.88. The second kappa shape index (κ2) is 10.1. The van der Waals surface area contributed by atoms with Gasteiger partial charge in [-0.2, -0.15) is 0 Å². The van der Waals surface area contributed by atoms with Crippen LogP contribution in [0.5, 0.6) is 0 Å². The topological polar surface area (TPSA) is 49.4 Å². The molecule has 1 aliphatic heterocycles. The van der Waals surface area contributed by atoms with Crippen LogP contribution in [0.25, 0.3) is 0 Å². The second-order valence-electron chi connectivity index (χ2n) is 9.07. The van der Waals surface area contributed by atoms with Crippen LogP contribution in [0, 0.1) is 0 Å². The van der Waals surface area contributed by atoms with Crippen molar-refractivity contribution in [2.45, 2.75) is 70.3 Å². The fourth-order valence-electron chi connectivity index (χ4n) is 4.95. The van der Waals surface area contributed by atoms with E-state index in [1.165, 1.54) is 24.8 Å². The number of nitrogens with one attached hydrogen (secondary N) is 1. The molecular weight excluding hydrogens is 384 g/mol. The highest BCUT2D eigenvalue weighted by Gasteiger charge is 2.26. The van der Waals surface area contributed by atoms with Gasteiger partial charge in [-0.25, -0.2) is 0 Å². The van der Waals surface area contributed by atoms with Gasteiger partial charge in [-0.3, -0.25) is 9.59 Å². The molecule has 0 radical (unpaired) electrons. The van der Waals surface area contributed by atoms with Crippen molar-refractivity contribution in [1.82, 2.24) is 10.2 Å². The molecule has 1 aliphatic carbocycles. The predicted octanol–water partition coefficient (Wildman–Crippen LogP) is 5.33. The summed E-state index contributed by atoms with van der Waals surface area (Å²) in [5, 5.41) is 3.22. The van der Waals surface area contributed by atoms with E-state index in [0.29, 0.717) is 12.6 Å². The molecule has 1 saturated heterocycles. The first-order valence-electron chi connectivity index (χ1n) is 11.9. The van der Waals surface area contributed by atoms with Crippen LogP contribution < -0.4 is 5.32 Å². The number of rotatable bonds is 5. The number of likely N-dealkylation sites (tertiary alicyclic amines) is 1. The van der Waals surface area contributed by atoms with Gasteiger partial charge in [0.25, 0.3) is 11.8 Å². The fraction of sp³-hybridized carbons (Fsp3) is 0.481. The Labute approximate surface area is 186 Å². The molecule has 1 heterocycles. The number of amides is 2. The third-order valence-electron chi connectivity index (χ3n) is 6.88. The van der Waals surface area contributed by atoms with Gasteiger partial charge >= 0.3 is 0 Å². The molecule has 2 aromatic rings. The Balaban J connectivity index is 1.42. The molecule has 2 fully saturated rings. The van der Waals surface area contributed by atoms with Crippen LogP contribution in [0.3, 0.4) is 0 Å². The zero-order valence-corrected chi connectivity index (χ0v) is 18.6. The van der Waals surface area contributed by atoms with E-state index in [1.54, 1.807) is 0 Å². The number of carbonyl (C=O) groups excluding carboxylic acids is 2. The van der Waals surface area contributed by atoms with Gasteiger partial charge in [0.2, 0.25) is 0 Å². The van der Waals surface area contributed by atoms with Crippen LogP contribution in [-0.4, -0.2) is 35.8 Å². The van der Waals surface area contributed by atoms with Crippen molar-refractivity contribution in [2.24, 2.45) is 0 Å². The van der Waals surface area contributed by atoms with E-state index in [0.717, 1.165) is 55.3 Å². The van der Waals surface area contributed by atoms with E-state index < -0.39 is 0 Å². The zero-order valence-electron chi connectivity index (χ0n) is 18.6. The van der Waals surface area contributed by atoms with Crippen molar-refractivity contribution in [1.29, 1.82) is 0 Å². The van der Waals surface area contributed by atoms with E-state index in [1.807, 2.05) is 47.4 Å². The molecule has 1 N–H and O–H groups in total. The number of hydrogen-bond donors (Lipinski definition) is 1. The van der Waals surface area contributed by atoms with Crippen molar-refractivity contribution in [3.05, 3.63) is 70.8 Å². The predicted molar refractivity (Wildman–Crippen MR) is 124 cm³/mol. The van der Waals surface area contributed by atoms with E-state index in [9.17, 15) is 9.59 Å². The SMILES string of the molecule is CCc1ccc(C(=O)N2CCCC(c3cccc(C(=O)NC4CCCCC4)c3)C2)cc1. The van der Waals surface area contributed by atoms with Crippen molar-refractivity contribution in [3.63, 3.8) is 0 Å². The van der Waals surface area contributed by atoms with Gasteiger partial charge in [-0.15, -0.1) is 0 Å². The van der Waals surface area contributed by atoms with Crippen molar-refractivity contribution in [3.8, 4) is 0 Å². The van der Waals surface area contributed by atoms with Crippen LogP contribution in [0.4, 0.5) is 0 Å². The third kappa shape index (κ3) is 5.36. The summed E-state index contributed by atoms with van der Waals surface area (Å²) in [6.07, 6.45) is 8.88. The van der Waals surface area contributed by atoms with E-state index in [-0.39, 0.29) is 17.7 Å². The summed E-state index contributed by atoms with van der Waals surface area (Å²) in [6.45, 7) is 3.63. The Morgan fingerprint density at radius 1 is 0.935 bits per heavy atom. The molecule has 0 aromatic heterocycles. The van der Waals surface area contributed by atoms with Crippen molar-refractivity contribution in [2.75, 3.05) is 13.1 Å². The number of nitrogens with zero attached hydrogens (tertiary/aromatic N) is 1. The quantitative estimate of drug-likeness (QED) is 0.713. The maximum atomic E-state index is 13.0. The van der Waals surface area contributed by atoms with Crippen molar-refractivity contribution < 1.29 is 9.59 Å². The molecule has 4 nitrogen and oxygen atoms in total. The molecule has 0 bridgehead atoms.